The van der Waals surface area contributed by atoms with Crippen LogP contribution in [0.5, 0.6) is 0 Å². The van der Waals surface area contributed by atoms with Gasteiger partial charge in [-0.1, -0.05) is 26.3 Å². The predicted molar refractivity (Wildman–Crippen MR) is 131 cm³/mol. The Hall–Kier alpha value is -1.53. The maximum absolute atomic E-state index is 13.5. The van der Waals surface area contributed by atoms with Crippen molar-refractivity contribution in [2.75, 3.05) is 32.7 Å². The summed E-state index contributed by atoms with van der Waals surface area (Å²) in [7, 11) is 0. The van der Waals surface area contributed by atoms with E-state index in [0.717, 1.165) is 37.6 Å². The number of likely N-dealkylation sites (tertiary alicyclic amines) is 2. The lowest BCUT2D eigenvalue weighted by atomic mass is 9.79. The third-order valence-corrected chi connectivity index (χ3v) is 8.15. The number of rotatable bonds is 10. The van der Waals surface area contributed by atoms with Gasteiger partial charge >= 0.3 is 18.5 Å². The molecule has 2 fully saturated rings. The van der Waals surface area contributed by atoms with Crippen LogP contribution in [0.4, 0.5) is 39.5 Å². The molecule has 0 aromatic heterocycles. The minimum Gasteiger partial charge on any atom is -0.299 e. The standard InChI is InChI=1S/C27H38F9N3/c1-3-8-24(9-11-37-23(26(31,32)33)27(34,35)36)10-14-39(18-24)16-20-4-5-22(25(28,29)30)15-21(20)17-38-12-6-19(2)7-13-38/h4-5,15,19,23,37H,3,6-14,16-18H2,1-2H3. The van der Waals surface area contributed by atoms with Crippen LogP contribution in [0, 0.1) is 11.3 Å². The Kier molecular flexibility index (Phi) is 10.3. The summed E-state index contributed by atoms with van der Waals surface area (Å²) in [5.41, 5.74) is 0.204. The number of benzene rings is 1. The molecule has 0 aliphatic carbocycles. The lowest BCUT2D eigenvalue weighted by Gasteiger charge is -2.32. The fraction of sp³-hybridized carbons (Fsp3) is 0.778. The number of nitrogens with zero attached hydrogens (tertiary/aromatic N) is 2. The van der Waals surface area contributed by atoms with Gasteiger partial charge in [-0.3, -0.25) is 15.1 Å². The summed E-state index contributed by atoms with van der Waals surface area (Å²) in [6.07, 6.45) is -11.3. The average molecular weight is 576 g/mol. The fourth-order valence-corrected chi connectivity index (χ4v) is 5.93. The maximum Gasteiger partial charge on any atom is 0.416 e. The zero-order valence-electron chi connectivity index (χ0n) is 22.4. The van der Waals surface area contributed by atoms with Crippen molar-refractivity contribution >= 4 is 0 Å². The SMILES string of the molecule is CCCC1(CCNC(C(F)(F)F)C(F)(F)F)CCN(Cc2ccc(C(F)(F)F)cc2CN2CCC(C)CC2)C1. The van der Waals surface area contributed by atoms with Crippen LogP contribution < -0.4 is 5.32 Å². The van der Waals surface area contributed by atoms with Crippen LogP contribution in [0.25, 0.3) is 0 Å². The van der Waals surface area contributed by atoms with E-state index in [-0.39, 0.29) is 6.42 Å². The molecule has 224 valence electrons. The second kappa shape index (κ2) is 12.5. The first-order valence-electron chi connectivity index (χ1n) is 13.5. The van der Waals surface area contributed by atoms with Gasteiger partial charge in [0, 0.05) is 19.6 Å². The Morgan fingerprint density at radius 3 is 2.05 bits per heavy atom. The first-order chi connectivity index (χ1) is 18.0. The molecule has 2 aliphatic rings. The van der Waals surface area contributed by atoms with Crippen molar-refractivity contribution in [2.24, 2.45) is 11.3 Å². The van der Waals surface area contributed by atoms with E-state index in [1.54, 1.807) is 5.32 Å². The first-order valence-corrected chi connectivity index (χ1v) is 13.5. The fourth-order valence-electron chi connectivity index (χ4n) is 5.93. The second-order valence-corrected chi connectivity index (χ2v) is 11.4. The van der Waals surface area contributed by atoms with Crippen LogP contribution in [0.2, 0.25) is 0 Å². The summed E-state index contributed by atoms with van der Waals surface area (Å²) in [6, 6.07) is 0.212. The average Bonchev–Trinajstić information content (AvgIpc) is 3.19. The van der Waals surface area contributed by atoms with Crippen molar-refractivity contribution in [1.82, 2.24) is 15.1 Å². The van der Waals surface area contributed by atoms with Gasteiger partial charge in [-0.05, 0) is 92.9 Å². The normalized spacial score (nSPS) is 22.8. The molecule has 1 unspecified atom stereocenters. The van der Waals surface area contributed by atoms with Gasteiger partial charge in [0.2, 0.25) is 6.04 Å². The van der Waals surface area contributed by atoms with E-state index in [1.807, 2.05) is 6.92 Å². The van der Waals surface area contributed by atoms with Crippen molar-refractivity contribution < 1.29 is 39.5 Å². The van der Waals surface area contributed by atoms with E-state index in [4.69, 9.17) is 0 Å². The van der Waals surface area contributed by atoms with E-state index in [9.17, 15) is 39.5 Å². The van der Waals surface area contributed by atoms with Crippen molar-refractivity contribution in [2.45, 2.75) is 90.0 Å². The molecule has 1 aromatic carbocycles. The zero-order chi connectivity index (χ0) is 29.1. The lowest BCUT2D eigenvalue weighted by molar-refractivity contribution is -0.258. The molecular weight excluding hydrogens is 537 g/mol. The van der Waals surface area contributed by atoms with Gasteiger partial charge < -0.3 is 0 Å². The van der Waals surface area contributed by atoms with Gasteiger partial charge in [-0.15, -0.1) is 0 Å². The molecule has 0 bridgehead atoms. The van der Waals surface area contributed by atoms with E-state index < -0.39 is 42.1 Å². The monoisotopic (exact) mass is 575 g/mol. The molecule has 3 nitrogen and oxygen atoms in total. The van der Waals surface area contributed by atoms with Crippen LogP contribution in [0.1, 0.15) is 69.1 Å². The molecule has 1 atom stereocenters. The van der Waals surface area contributed by atoms with Crippen molar-refractivity contribution in [3.8, 4) is 0 Å². The van der Waals surface area contributed by atoms with E-state index >= 15 is 0 Å². The van der Waals surface area contributed by atoms with Crippen LogP contribution in [-0.4, -0.2) is 60.9 Å². The van der Waals surface area contributed by atoms with Crippen LogP contribution in [0.3, 0.4) is 0 Å². The maximum atomic E-state index is 13.5. The number of halogens is 9. The molecule has 1 N–H and O–H groups in total. The number of hydrogen-bond donors (Lipinski definition) is 1. The molecule has 2 heterocycles. The molecule has 0 radical (unpaired) electrons. The van der Waals surface area contributed by atoms with Gasteiger partial charge in [0.25, 0.3) is 0 Å². The summed E-state index contributed by atoms with van der Waals surface area (Å²) in [6.45, 7) is 7.08. The van der Waals surface area contributed by atoms with E-state index in [1.165, 1.54) is 12.1 Å². The highest BCUT2D eigenvalue weighted by atomic mass is 19.4. The Morgan fingerprint density at radius 2 is 1.49 bits per heavy atom. The summed E-state index contributed by atoms with van der Waals surface area (Å²) >= 11 is 0. The quantitative estimate of drug-likeness (QED) is 0.293. The van der Waals surface area contributed by atoms with Gasteiger partial charge in [0.1, 0.15) is 0 Å². The third-order valence-electron chi connectivity index (χ3n) is 8.15. The molecule has 12 heteroatoms. The Morgan fingerprint density at radius 1 is 0.872 bits per heavy atom. The topological polar surface area (TPSA) is 18.5 Å². The Labute approximate surface area is 224 Å². The highest BCUT2D eigenvalue weighted by Gasteiger charge is 2.56. The van der Waals surface area contributed by atoms with E-state index in [2.05, 4.69) is 16.7 Å². The summed E-state index contributed by atoms with van der Waals surface area (Å²) in [5.74, 6) is 0.579. The van der Waals surface area contributed by atoms with Gasteiger partial charge in [0.15, 0.2) is 0 Å². The van der Waals surface area contributed by atoms with Crippen LogP contribution in [-0.2, 0) is 19.3 Å². The van der Waals surface area contributed by atoms with Crippen LogP contribution in [0.15, 0.2) is 18.2 Å². The van der Waals surface area contributed by atoms with Crippen molar-refractivity contribution in [3.63, 3.8) is 0 Å². The summed E-state index contributed by atoms with van der Waals surface area (Å²) in [4.78, 5) is 4.22. The number of nitrogens with one attached hydrogen (secondary N) is 1. The summed E-state index contributed by atoms with van der Waals surface area (Å²) in [5, 5.41) is 1.67. The summed E-state index contributed by atoms with van der Waals surface area (Å²) < 4.78 is 118. The Bertz CT molecular complexity index is 907. The molecule has 1 aromatic rings. The zero-order valence-corrected chi connectivity index (χ0v) is 22.4. The molecular formula is C27H38F9N3. The minimum absolute atomic E-state index is 0.145. The molecule has 0 spiro atoms. The number of piperidine rings is 1. The number of alkyl halides is 9. The predicted octanol–water partition coefficient (Wildman–Crippen LogP) is 7.40. The highest BCUT2D eigenvalue weighted by Crippen LogP contribution is 2.40. The number of hydrogen-bond acceptors (Lipinski definition) is 3. The largest absolute Gasteiger partial charge is 0.416 e. The molecule has 39 heavy (non-hydrogen) atoms. The van der Waals surface area contributed by atoms with Crippen molar-refractivity contribution in [3.05, 3.63) is 34.9 Å². The molecule has 2 saturated heterocycles. The molecule has 0 saturated carbocycles. The van der Waals surface area contributed by atoms with Gasteiger partial charge in [0.05, 0.1) is 5.56 Å². The Balaban J connectivity index is 1.71. The highest BCUT2D eigenvalue weighted by molar-refractivity contribution is 5.34. The minimum atomic E-state index is -5.44. The van der Waals surface area contributed by atoms with Crippen LogP contribution >= 0.6 is 0 Å². The van der Waals surface area contributed by atoms with Gasteiger partial charge in [-0.25, -0.2) is 0 Å². The third kappa shape index (κ3) is 8.98. The smallest absolute Gasteiger partial charge is 0.299 e. The molecule has 2 aliphatic heterocycles. The molecule has 3 rings (SSSR count). The first kappa shape index (κ1) is 32.0. The van der Waals surface area contributed by atoms with Crippen molar-refractivity contribution in [1.29, 1.82) is 0 Å². The lowest BCUT2D eigenvalue weighted by Crippen LogP contribution is -2.53. The van der Waals surface area contributed by atoms with Gasteiger partial charge in [-0.2, -0.15) is 39.5 Å². The van der Waals surface area contributed by atoms with E-state index in [0.29, 0.717) is 56.9 Å². The molecule has 0 amide bonds. The second-order valence-electron chi connectivity index (χ2n) is 11.4.